The highest BCUT2D eigenvalue weighted by Crippen LogP contribution is 2.49. The normalized spacial score (nSPS) is 17.2. The minimum absolute atomic E-state index is 0.246. The van der Waals surface area contributed by atoms with E-state index in [4.69, 9.17) is 4.74 Å². The third-order valence-electron chi connectivity index (χ3n) is 7.40. The lowest BCUT2D eigenvalue weighted by molar-refractivity contribution is -0.126. The van der Waals surface area contributed by atoms with Gasteiger partial charge in [-0.15, -0.1) is 11.3 Å². The number of ether oxygens (including phenoxy) is 1. The van der Waals surface area contributed by atoms with Crippen LogP contribution >= 0.6 is 19.3 Å². The maximum absolute atomic E-state index is 13.6. The predicted molar refractivity (Wildman–Crippen MR) is 155 cm³/mol. The summed E-state index contributed by atoms with van der Waals surface area (Å²) in [7, 11) is 3.52. The molecule has 5 rings (SSSR count). The number of methoxy groups -OCH3 is 1. The minimum Gasteiger partial charge on any atom is -0.495 e. The van der Waals surface area contributed by atoms with Crippen molar-refractivity contribution in [3.63, 3.8) is 0 Å². The number of benzene rings is 2. The molecule has 1 saturated heterocycles. The Morgan fingerprint density at radius 1 is 1.16 bits per heavy atom. The van der Waals surface area contributed by atoms with E-state index in [2.05, 4.69) is 53.8 Å². The Balaban J connectivity index is 1.36. The molecule has 1 saturated carbocycles. The van der Waals surface area contributed by atoms with Crippen molar-refractivity contribution in [1.82, 2.24) is 4.90 Å². The molecule has 2 N–H and O–H groups in total. The molecule has 1 aliphatic heterocycles. The fourth-order valence-corrected chi connectivity index (χ4v) is 7.71. The highest BCUT2D eigenvalue weighted by atomic mass is 32.1. The molecule has 2 fully saturated rings. The van der Waals surface area contributed by atoms with E-state index in [-0.39, 0.29) is 13.5 Å². The predicted octanol–water partition coefficient (Wildman–Crippen LogP) is 6.35. The van der Waals surface area contributed by atoms with Crippen molar-refractivity contribution in [2.45, 2.75) is 31.5 Å². The minimum atomic E-state index is -4.31. The highest BCUT2D eigenvalue weighted by molar-refractivity contribution is 7.64. The van der Waals surface area contributed by atoms with Crippen molar-refractivity contribution >= 4 is 46.0 Å². The van der Waals surface area contributed by atoms with Crippen LogP contribution in [0.3, 0.4) is 0 Å². The van der Waals surface area contributed by atoms with Gasteiger partial charge in [-0.05, 0) is 73.1 Å². The Hall–Kier alpha value is -2.46. The van der Waals surface area contributed by atoms with Gasteiger partial charge in [0.15, 0.2) is 0 Å². The molecule has 1 spiro atoms. The van der Waals surface area contributed by atoms with Gasteiger partial charge >= 0.3 is 6.18 Å². The van der Waals surface area contributed by atoms with E-state index in [1.807, 2.05) is 24.3 Å². The van der Waals surface area contributed by atoms with Gasteiger partial charge in [-0.1, -0.05) is 38.0 Å². The first-order valence-electron chi connectivity index (χ1n) is 12.7. The van der Waals surface area contributed by atoms with Gasteiger partial charge in [0.1, 0.15) is 5.75 Å². The van der Waals surface area contributed by atoms with Crippen molar-refractivity contribution in [3.8, 4) is 17.6 Å². The molecule has 2 aromatic carbocycles. The number of likely N-dealkylation sites (tertiary alicyclic amines) is 1. The molecule has 0 amide bonds. The quantitative estimate of drug-likeness (QED) is 0.261. The summed E-state index contributed by atoms with van der Waals surface area (Å²) in [6.07, 6.45) is -3.08. The van der Waals surface area contributed by atoms with Crippen molar-refractivity contribution in [2.24, 2.45) is 5.41 Å². The summed E-state index contributed by atoms with van der Waals surface area (Å²) in [5, 5.41) is 8.74. The van der Waals surface area contributed by atoms with Gasteiger partial charge in [0.05, 0.1) is 41.0 Å². The standard InChI is InChI=1S/C29H33F3N3OPS/c1-35-17-28(18-35)14-19(15-28)34-24-8-5-7-21-22(16-29(30,31)32)26(38-27(21)24)9-6-12-33-23-11-10-20(37(3)4)13-25(23)36-2/h5,7-8,10-11,13,19,33-34H,12,14-18H2,1-4H3. The molecule has 202 valence electrons. The largest absolute Gasteiger partial charge is 0.495 e. The van der Waals surface area contributed by atoms with Gasteiger partial charge in [-0.2, -0.15) is 13.2 Å². The Labute approximate surface area is 227 Å². The van der Waals surface area contributed by atoms with Crippen LogP contribution in [0.25, 0.3) is 10.1 Å². The van der Waals surface area contributed by atoms with E-state index in [1.54, 1.807) is 13.2 Å². The van der Waals surface area contributed by atoms with Gasteiger partial charge in [0.25, 0.3) is 0 Å². The zero-order valence-electron chi connectivity index (χ0n) is 22.1. The average molecular weight is 560 g/mol. The zero-order chi connectivity index (χ0) is 27.1. The number of halogens is 3. The van der Waals surface area contributed by atoms with Crippen LogP contribution in [0.15, 0.2) is 36.4 Å². The number of nitrogens with one attached hydrogen (secondary N) is 2. The van der Waals surface area contributed by atoms with Crippen LogP contribution in [-0.4, -0.2) is 64.2 Å². The van der Waals surface area contributed by atoms with E-state index in [9.17, 15) is 13.2 Å². The molecule has 0 bridgehead atoms. The molecular formula is C29H33F3N3OPS. The number of hydrogen-bond acceptors (Lipinski definition) is 5. The molecule has 2 heterocycles. The first-order valence-corrected chi connectivity index (χ1v) is 15.8. The van der Waals surface area contributed by atoms with Crippen LogP contribution in [0, 0.1) is 17.3 Å². The number of anilines is 2. The first-order chi connectivity index (χ1) is 18.1. The molecule has 0 atom stereocenters. The molecule has 9 heteroatoms. The molecule has 38 heavy (non-hydrogen) atoms. The summed E-state index contributed by atoms with van der Waals surface area (Å²) in [5.41, 5.74) is 2.42. The summed E-state index contributed by atoms with van der Waals surface area (Å²) in [5.74, 6) is 6.82. The van der Waals surface area contributed by atoms with Crippen LogP contribution in [-0.2, 0) is 6.42 Å². The van der Waals surface area contributed by atoms with Crippen molar-refractivity contribution in [2.75, 3.05) is 57.8 Å². The molecule has 1 aromatic heterocycles. The van der Waals surface area contributed by atoms with E-state index in [0.29, 0.717) is 28.3 Å². The van der Waals surface area contributed by atoms with Crippen LogP contribution in [0.5, 0.6) is 5.75 Å². The monoisotopic (exact) mass is 559 g/mol. The summed E-state index contributed by atoms with van der Waals surface area (Å²) in [6.45, 7) is 6.93. The third kappa shape index (κ3) is 5.76. The Kier molecular flexibility index (Phi) is 7.57. The van der Waals surface area contributed by atoms with Crippen molar-refractivity contribution in [3.05, 3.63) is 46.8 Å². The number of rotatable bonds is 7. The fraction of sp³-hybridized carbons (Fsp3) is 0.448. The number of thiophene rings is 1. The molecule has 2 aliphatic rings. The number of fused-ring (bicyclic) bond motifs is 1. The maximum atomic E-state index is 13.6. The van der Waals surface area contributed by atoms with Crippen LogP contribution in [0.1, 0.15) is 23.3 Å². The van der Waals surface area contributed by atoms with Gasteiger partial charge in [0.2, 0.25) is 0 Å². The summed E-state index contributed by atoms with van der Waals surface area (Å²) in [4.78, 5) is 2.81. The molecule has 1 aliphatic carbocycles. The summed E-state index contributed by atoms with van der Waals surface area (Å²) in [6, 6.07) is 12.0. The molecule has 0 radical (unpaired) electrons. The maximum Gasteiger partial charge on any atom is 0.393 e. The summed E-state index contributed by atoms with van der Waals surface area (Å²) < 4.78 is 47.0. The average Bonchev–Trinajstić information content (AvgIpc) is 3.16. The van der Waals surface area contributed by atoms with E-state index >= 15 is 0 Å². The van der Waals surface area contributed by atoms with Gasteiger partial charge in [-0.3, -0.25) is 0 Å². The van der Waals surface area contributed by atoms with Gasteiger partial charge < -0.3 is 20.3 Å². The second kappa shape index (κ2) is 10.6. The second-order valence-corrected chi connectivity index (χ2v) is 14.1. The number of nitrogens with zero attached hydrogens (tertiary/aromatic N) is 1. The van der Waals surface area contributed by atoms with Crippen LogP contribution in [0.2, 0.25) is 0 Å². The number of alkyl halides is 3. The molecule has 0 unspecified atom stereocenters. The van der Waals surface area contributed by atoms with E-state index in [1.165, 1.54) is 16.6 Å². The summed E-state index contributed by atoms with van der Waals surface area (Å²) >= 11 is 1.35. The topological polar surface area (TPSA) is 36.5 Å². The lowest BCUT2D eigenvalue weighted by atomic mass is 9.61. The van der Waals surface area contributed by atoms with Gasteiger partial charge in [0, 0.05) is 19.1 Å². The zero-order valence-corrected chi connectivity index (χ0v) is 23.8. The SMILES string of the molecule is COc1cc(P(C)C)ccc1NCC#Cc1sc2c(NC3CC4(C3)CN(C)C4)cccc2c1CC(F)(F)F. The molecular weight excluding hydrogens is 526 g/mol. The highest BCUT2D eigenvalue weighted by Gasteiger charge is 2.51. The third-order valence-corrected chi connectivity index (χ3v) is 9.90. The Morgan fingerprint density at radius 2 is 1.92 bits per heavy atom. The lowest BCUT2D eigenvalue weighted by Crippen LogP contribution is -2.63. The van der Waals surface area contributed by atoms with Crippen LogP contribution in [0.4, 0.5) is 24.5 Å². The lowest BCUT2D eigenvalue weighted by Gasteiger charge is -2.58. The van der Waals surface area contributed by atoms with Crippen LogP contribution < -0.4 is 20.7 Å². The Bertz CT molecular complexity index is 1380. The fourth-order valence-electron chi connectivity index (χ4n) is 5.79. The number of hydrogen-bond donors (Lipinski definition) is 2. The first kappa shape index (κ1) is 27.1. The molecule has 4 nitrogen and oxygen atoms in total. The van der Waals surface area contributed by atoms with Crippen molar-refractivity contribution < 1.29 is 17.9 Å². The van der Waals surface area contributed by atoms with E-state index < -0.39 is 12.6 Å². The smallest absolute Gasteiger partial charge is 0.393 e. The Morgan fingerprint density at radius 3 is 2.58 bits per heavy atom. The van der Waals surface area contributed by atoms with E-state index in [0.717, 1.165) is 47.8 Å². The molecule has 3 aromatic rings. The van der Waals surface area contributed by atoms with Crippen molar-refractivity contribution in [1.29, 1.82) is 0 Å². The van der Waals surface area contributed by atoms with Gasteiger partial charge in [-0.25, -0.2) is 0 Å². The second-order valence-electron chi connectivity index (χ2n) is 10.7.